The first-order chi connectivity index (χ1) is 10.8. The monoisotopic (exact) mass is 355 g/mol. The number of nitrogens with one attached hydrogen (secondary N) is 1. The number of benzene rings is 1. The van der Waals surface area contributed by atoms with Gasteiger partial charge >= 0.3 is 5.97 Å². The van der Waals surface area contributed by atoms with Crippen LogP contribution in [0.25, 0.3) is 0 Å². The van der Waals surface area contributed by atoms with E-state index in [1.165, 1.54) is 5.38 Å². The number of aromatic carboxylic acids is 1. The lowest BCUT2D eigenvalue weighted by molar-refractivity contribution is 0.0702. The molecule has 0 fully saturated rings. The third kappa shape index (κ3) is 4.54. The van der Waals surface area contributed by atoms with Crippen molar-refractivity contribution in [2.45, 2.75) is 18.2 Å². The molecule has 0 atom stereocenters. The lowest BCUT2D eigenvalue weighted by atomic mass is 10.1. The highest BCUT2D eigenvalue weighted by molar-refractivity contribution is 7.89. The van der Waals surface area contributed by atoms with E-state index in [9.17, 15) is 13.2 Å². The summed E-state index contributed by atoms with van der Waals surface area (Å²) in [5, 5.41) is 10.2. The van der Waals surface area contributed by atoms with Crippen molar-refractivity contribution in [3.05, 3.63) is 45.6 Å². The molecule has 0 bridgehead atoms. The molecule has 2 N–H and O–H groups in total. The average Bonchev–Trinajstić information content (AvgIpc) is 2.97. The lowest BCUT2D eigenvalue weighted by Crippen LogP contribution is -2.25. The molecule has 0 amide bonds. The number of carboxylic acid groups (broad SMARTS) is 1. The van der Waals surface area contributed by atoms with Gasteiger partial charge in [0.25, 0.3) is 0 Å². The summed E-state index contributed by atoms with van der Waals surface area (Å²) in [4.78, 5) is 10.8. The minimum atomic E-state index is -3.70. The minimum Gasteiger partial charge on any atom is -0.497 e. The van der Waals surface area contributed by atoms with Crippen molar-refractivity contribution in [1.82, 2.24) is 4.72 Å². The van der Waals surface area contributed by atoms with Crippen molar-refractivity contribution in [3.63, 3.8) is 0 Å². The zero-order valence-corrected chi connectivity index (χ0v) is 14.3. The zero-order valence-electron chi connectivity index (χ0n) is 12.7. The molecule has 0 spiro atoms. The Kier molecular flexibility index (Phi) is 5.40. The number of sulfonamides is 1. The summed E-state index contributed by atoms with van der Waals surface area (Å²) in [7, 11) is -2.12. The molecule has 1 aromatic carbocycles. The van der Waals surface area contributed by atoms with Crippen LogP contribution in [0.5, 0.6) is 5.75 Å². The van der Waals surface area contributed by atoms with Gasteiger partial charge in [-0.25, -0.2) is 17.9 Å². The van der Waals surface area contributed by atoms with E-state index in [4.69, 9.17) is 9.84 Å². The predicted molar refractivity (Wildman–Crippen MR) is 87.9 cm³/mol. The summed E-state index contributed by atoms with van der Waals surface area (Å²) in [6.07, 6.45) is 0.507. The Morgan fingerprint density at radius 2 is 2.04 bits per heavy atom. The summed E-state index contributed by atoms with van der Waals surface area (Å²) in [5.41, 5.74) is 1.99. The Morgan fingerprint density at radius 3 is 2.65 bits per heavy atom. The third-order valence-corrected chi connectivity index (χ3v) is 5.66. The first-order valence-electron chi connectivity index (χ1n) is 6.78. The minimum absolute atomic E-state index is 0.00574. The molecule has 0 saturated heterocycles. The molecule has 0 radical (unpaired) electrons. The summed E-state index contributed by atoms with van der Waals surface area (Å²) < 4.78 is 31.9. The maximum atomic E-state index is 12.1. The van der Waals surface area contributed by atoms with Gasteiger partial charge in [0.1, 0.15) is 10.6 Å². The summed E-state index contributed by atoms with van der Waals surface area (Å²) >= 11 is 0.886. The fraction of sp³-hybridized carbons (Fsp3) is 0.267. The van der Waals surface area contributed by atoms with Crippen LogP contribution in [0, 0.1) is 6.92 Å². The number of thiophene rings is 1. The van der Waals surface area contributed by atoms with Gasteiger partial charge in [0.2, 0.25) is 10.0 Å². The zero-order chi connectivity index (χ0) is 17.0. The SMILES string of the molecule is COc1cc(C)cc(CCNS(=O)(=O)c2csc(C(=O)O)c2)c1. The molecule has 0 unspecified atom stereocenters. The van der Waals surface area contributed by atoms with Gasteiger partial charge in [0.05, 0.1) is 12.0 Å². The van der Waals surface area contributed by atoms with Gasteiger partial charge in [-0.15, -0.1) is 11.3 Å². The van der Waals surface area contributed by atoms with Crippen LogP contribution in [0.15, 0.2) is 34.5 Å². The number of aryl methyl sites for hydroxylation is 1. The van der Waals surface area contributed by atoms with Crippen molar-refractivity contribution in [2.24, 2.45) is 0 Å². The fourth-order valence-electron chi connectivity index (χ4n) is 2.07. The fourth-order valence-corrected chi connectivity index (χ4v) is 4.21. The highest BCUT2D eigenvalue weighted by Crippen LogP contribution is 2.20. The second kappa shape index (κ2) is 7.12. The Bertz CT molecular complexity index is 811. The van der Waals surface area contributed by atoms with Gasteiger partial charge in [0, 0.05) is 11.9 Å². The molecule has 1 aromatic heterocycles. The highest BCUT2D eigenvalue weighted by atomic mass is 32.2. The highest BCUT2D eigenvalue weighted by Gasteiger charge is 2.18. The van der Waals surface area contributed by atoms with Gasteiger partial charge in [-0.1, -0.05) is 6.07 Å². The maximum absolute atomic E-state index is 12.1. The Labute approximate surface area is 138 Å². The van der Waals surface area contributed by atoms with Gasteiger partial charge in [0.15, 0.2) is 0 Å². The van der Waals surface area contributed by atoms with E-state index in [1.54, 1.807) is 7.11 Å². The standard InChI is InChI=1S/C15H17NO5S2/c1-10-5-11(7-12(6-10)21-2)3-4-16-23(19,20)13-8-14(15(17)18)22-9-13/h5-9,16H,3-4H2,1-2H3,(H,17,18). The van der Waals surface area contributed by atoms with Crippen LogP contribution < -0.4 is 9.46 Å². The molecule has 2 aromatic rings. The van der Waals surface area contributed by atoms with E-state index in [-0.39, 0.29) is 16.3 Å². The van der Waals surface area contributed by atoms with Gasteiger partial charge in [-0.3, -0.25) is 0 Å². The summed E-state index contributed by atoms with van der Waals surface area (Å²) in [6.45, 7) is 2.15. The summed E-state index contributed by atoms with van der Waals surface area (Å²) in [5.74, 6) is -0.407. The van der Waals surface area contributed by atoms with E-state index >= 15 is 0 Å². The Balaban J connectivity index is 2.02. The van der Waals surface area contributed by atoms with E-state index < -0.39 is 16.0 Å². The first-order valence-corrected chi connectivity index (χ1v) is 9.14. The van der Waals surface area contributed by atoms with Gasteiger partial charge < -0.3 is 9.84 Å². The summed E-state index contributed by atoms with van der Waals surface area (Å²) in [6, 6.07) is 6.87. The van der Waals surface area contributed by atoms with Gasteiger partial charge in [-0.05, 0) is 42.7 Å². The number of methoxy groups -OCH3 is 1. The molecule has 2 rings (SSSR count). The average molecular weight is 355 g/mol. The van der Waals surface area contributed by atoms with Crippen molar-refractivity contribution in [2.75, 3.05) is 13.7 Å². The molecule has 6 nitrogen and oxygen atoms in total. The van der Waals surface area contributed by atoms with Crippen LogP contribution in [0.2, 0.25) is 0 Å². The topological polar surface area (TPSA) is 92.7 Å². The van der Waals surface area contributed by atoms with E-state index in [2.05, 4.69) is 4.72 Å². The molecule has 0 aliphatic rings. The lowest BCUT2D eigenvalue weighted by Gasteiger charge is -2.08. The van der Waals surface area contributed by atoms with E-state index in [0.29, 0.717) is 6.42 Å². The molecule has 23 heavy (non-hydrogen) atoms. The Hall–Kier alpha value is -1.90. The largest absolute Gasteiger partial charge is 0.497 e. The van der Waals surface area contributed by atoms with Crippen molar-refractivity contribution in [3.8, 4) is 5.75 Å². The smallest absolute Gasteiger partial charge is 0.345 e. The number of ether oxygens (including phenoxy) is 1. The predicted octanol–water partition coefficient (Wildman–Crippen LogP) is 2.28. The molecule has 0 aliphatic heterocycles. The number of carboxylic acids is 1. The van der Waals surface area contributed by atoms with Crippen LogP contribution in [0.3, 0.4) is 0 Å². The maximum Gasteiger partial charge on any atom is 0.345 e. The van der Waals surface area contributed by atoms with Crippen molar-refractivity contribution in [1.29, 1.82) is 0 Å². The van der Waals surface area contributed by atoms with Crippen LogP contribution in [-0.4, -0.2) is 33.1 Å². The molecule has 0 saturated carbocycles. The Morgan fingerprint density at radius 1 is 1.30 bits per heavy atom. The van der Waals surface area contributed by atoms with Crippen molar-refractivity contribution >= 4 is 27.3 Å². The molecule has 0 aliphatic carbocycles. The molecular weight excluding hydrogens is 338 g/mol. The van der Waals surface area contributed by atoms with Crippen LogP contribution >= 0.6 is 11.3 Å². The van der Waals surface area contributed by atoms with Crippen LogP contribution in [-0.2, 0) is 16.4 Å². The number of rotatable bonds is 7. The molecule has 1 heterocycles. The third-order valence-electron chi connectivity index (χ3n) is 3.15. The first kappa shape index (κ1) is 17.5. The second-order valence-electron chi connectivity index (χ2n) is 4.96. The normalized spacial score (nSPS) is 11.4. The number of hydrogen-bond donors (Lipinski definition) is 2. The number of carbonyl (C=O) groups is 1. The quantitative estimate of drug-likeness (QED) is 0.795. The molecule has 124 valence electrons. The second-order valence-corrected chi connectivity index (χ2v) is 7.64. The van der Waals surface area contributed by atoms with Gasteiger partial charge in [-0.2, -0.15) is 0 Å². The molecule has 8 heteroatoms. The number of hydrogen-bond acceptors (Lipinski definition) is 5. The molecular formula is C15H17NO5S2. The van der Waals surface area contributed by atoms with Crippen molar-refractivity contribution < 1.29 is 23.1 Å². The van der Waals surface area contributed by atoms with Crippen LogP contribution in [0.1, 0.15) is 20.8 Å². The van der Waals surface area contributed by atoms with E-state index in [0.717, 1.165) is 34.3 Å². The van der Waals surface area contributed by atoms with E-state index in [1.807, 2.05) is 25.1 Å². The van der Waals surface area contributed by atoms with Crippen LogP contribution in [0.4, 0.5) is 0 Å².